The van der Waals surface area contributed by atoms with Crippen molar-refractivity contribution in [2.75, 3.05) is 0 Å². The quantitative estimate of drug-likeness (QED) is 0.118. The molecule has 0 fully saturated rings. The summed E-state index contributed by atoms with van der Waals surface area (Å²) < 4.78 is 8.74. The maximum absolute atomic E-state index is 4.57. The number of nitrogens with zero attached hydrogens (tertiary/aromatic N) is 6. The number of aromatic nitrogens is 6. The fraction of sp³-hybridized carbons (Fsp3) is 0.0704. The molecule has 0 saturated heterocycles. The van der Waals surface area contributed by atoms with Crippen molar-refractivity contribution in [1.29, 1.82) is 0 Å². The smallest absolute Gasteiger partial charge is 0.309 e. The van der Waals surface area contributed by atoms with E-state index < -0.39 is 0 Å². The van der Waals surface area contributed by atoms with Crippen molar-refractivity contribution in [3.8, 4) is 33.6 Å². The molecule has 78 heavy (non-hydrogen) atoms. The third-order valence-corrected chi connectivity index (χ3v) is 16.1. The summed E-state index contributed by atoms with van der Waals surface area (Å²) >= 11 is 0. The largest absolute Gasteiger partial charge is 2.00 e. The Morgan fingerprint density at radius 2 is 0.782 bits per heavy atom. The van der Waals surface area contributed by atoms with E-state index in [1.54, 1.807) is 0 Å². The molecule has 10 aromatic carbocycles. The van der Waals surface area contributed by atoms with Crippen molar-refractivity contribution in [3.05, 3.63) is 255 Å². The molecule has 16 rings (SSSR count). The molecule has 374 valence electrons. The minimum atomic E-state index is 0. The van der Waals surface area contributed by atoms with Crippen LogP contribution in [0.15, 0.2) is 237 Å². The van der Waals surface area contributed by atoms with Crippen LogP contribution in [-0.2, 0) is 27.5 Å². The SMILES string of the molecule is CCC(C)Cc1ccc(-n2c3ccccc3c3cc(-c4ccc5c(c4)c4ccc[c-]c4n4nccc54)ccc32)cc1.[Pt+2].[c-]1cccc2c3cc(-c4ccc5c(c4)c4ccccc4n5-c4ccccc4)ccc3c3ccnn3c12. The fourth-order valence-corrected chi connectivity index (χ4v) is 12.1. The number of hydrogen-bond acceptors (Lipinski definition) is 2. The maximum Gasteiger partial charge on any atom is 2.00 e. The van der Waals surface area contributed by atoms with Gasteiger partial charge >= 0.3 is 21.1 Å². The molecule has 6 nitrogen and oxygen atoms in total. The number of hydrogen-bond donors (Lipinski definition) is 0. The Morgan fingerprint density at radius 1 is 0.372 bits per heavy atom. The van der Waals surface area contributed by atoms with E-state index in [0.29, 0.717) is 5.92 Å². The molecular formula is C71H50N6Pt. The Bertz CT molecular complexity index is 4960. The second kappa shape index (κ2) is 19.2. The van der Waals surface area contributed by atoms with Crippen LogP contribution in [-0.4, -0.2) is 28.4 Å². The zero-order valence-electron chi connectivity index (χ0n) is 43.0. The van der Waals surface area contributed by atoms with Gasteiger partial charge in [0.2, 0.25) is 0 Å². The Morgan fingerprint density at radius 3 is 1.28 bits per heavy atom. The van der Waals surface area contributed by atoms with E-state index in [1.807, 2.05) is 39.6 Å². The average molecular weight is 1180 g/mol. The Labute approximate surface area is 465 Å². The molecule has 0 aliphatic heterocycles. The molecule has 0 N–H and O–H groups in total. The number of benzene rings is 10. The topological polar surface area (TPSA) is 44.5 Å². The molecule has 0 amide bonds. The second-order valence-electron chi connectivity index (χ2n) is 20.5. The van der Waals surface area contributed by atoms with Crippen LogP contribution in [0.5, 0.6) is 0 Å². The standard InChI is InChI=1S/C38H30N3.C33H20N3.Pt/c1-3-25(2)22-26-12-16-29(17-13-26)40-35-10-6-4-9-31(35)34-24-28(15-19-36(34)40)27-14-18-32-33(23-27)30-8-5-7-11-37(30)41-38(32)20-21-39-41;1-2-8-24(9-3-1)35-30-12-6-4-11-26(30)29-21-23(15-17-31(29)35)22-14-16-27-28(20-22)25-10-5-7-13-32(25)36-33(27)18-19-34-36;/h4-10,12-21,23-25H,3,22H2,1-2H3;1-12,14-21H;/q2*-1;+2. The molecule has 6 heterocycles. The molecule has 0 saturated carbocycles. The van der Waals surface area contributed by atoms with Gasteiger partial charge in [0.1, 0.15) is 0 Å². The molecule has 16 aromatic rings. The van der Waals surface area contributed by atoms with Gasteiger partial charge in [-0.15, -0.1) is 10.8 Å². The van der Waals surface area contributed by atoms with Crippen molar-refractivity contribution >= 4 is 98.0 Å². The average Bonchev–Trinajstić information content (AvgIpc) is 4.46. The first kappa shape index (κ1) is 47.4. The Hall–Kier alpha value is -9.09. The van der Waals surface area contributed by atoms with Crippen LogP contribution in [0.3, 0.4) is 0 Å². The predicted molar refractivity (Wildman–Crippen MR) is 321 cm³/mol. The van der Waals surface area contributed by atoms with Gasteiger partial charge in [0.25, 0.3) is 0 Å². The number of rotatable bonds is 7. The molecule has 7 heteroatoms. The summed E-state index contributed by atoms with van der Waals surface area (Å²) in [5, 5.41) is 21.4. The minimum Gasteiger partial charge on any atom is -0.309 e. The zero-order chi connectivity index (χ0) is 51.1. The zero-order valence-corrected chi connectivity index (χ0v) is 45.3. The van der Waals surface area contributed by atoms with Crippen molar-refractivity contribution < 1.29 is 21.1 Å². The number of fused-ring (bicyclic) bond motifs is 18. The molecule has 0 aliphatic rings. The minimum absolute atomic E-state index is 0. The molecule has 1 unspecified atom stereocenters. The van der Waals surface area contributed by atoms with Gasteiger partial charge in [0.15, 0.2) is 0 Å². The van der Waals surface area contributed by atoms with Crippen LogP contribution in [0, 0.1) is 18.1 Å². The Balaban J connectivity index is 0.000000141. The van der Waals surface area contributed by atoms with Crippen LogP contribution >= 0.6 is 0 Å². The summed E-state index contributed by atoms with van der Waals surface area (Å²) in [5.74, 6) is 0.699. The van der Waals surface area contributed by atoms with Gasteiger partial charge in [-0.25, -0.2) is 0 Å². The van der Waals surface area contributed by atoms with E-state index in [1.165, 1.54) is 111 Å². The summed E-state index contributed by atoms with van der Waals surface area (Å²) in [6.07, 6.45) is 6.06. The van der Waals surface area contributed by atoms with Crippen molar-refractivity contribution in [2.45, 2.75) is 26.7 Å². The van der Waals surface area contributed by atoms with E-state index >= 15 is 0 Å². The van der Waals surface area contributed by atoms with Crippen LogP contribution in [0.2, 0.25) is 0 Å². The molecule has 6 aromatic heterocycles. The van der Waals surface area contributed by atoms with Crippen molar-refractivity contribution in [1.82, 2.24) is 28.4 Å². The molecule has 0 spiro atoms. The van der Waals surface area contributed by atoms with Crippen molar-refractivity contribution in [3.63, 3.8) is 0 Å². The number of para-hydroxylation sites is 5. The first-order valence-corrected chi connectivity index (χ1v) is 26.7. The normalized spacial score (nSPS) is 12.2. The van der Waals surface area contributed by atoms with Gasteiger partial charge in [-0.3, -0.25) is 9.03 Å². The van der Waals surface area contributed by atoms with Crippen LogP contribution in [0.1, 0.15) is 25.8 Å². The van der Waals surface area contributed by atoms with Gasteiger partial charge in [0.05, 0.1) is 33.1 Å². The molecule has 0 bridgehead atoms. The molecular weight excluding hydrogens is 1130 g/mol. The first-order chi connectivity index (χ1) is 38.1. The van der Waals surface area contributed by atoms with Gasteiger partial charge in [0, 0.05) is 45.3 Å². The van der Waals surface area contributed by atoms with E-state index in [-0.39, 0.29) is 21.1 Å². The van der Waals surface area contributed by atoms with Crippen molar-refractivity contribution in [2.24, 2.45) is 5.92 Å². The van der Waals surface area contributed by atoms with Gasteiger partial charge < -0.3 is 9.13 Å². The molecule has 1 atom stereocenters. The molecule has 0 radical (unpaired) electrons. The summed E-state index contributed by atoms with van der Waals surface area (Å²) in [5.41, 5.74) is 17.7. The summed E-state index contributed by atoms with van der Waals surface area (Å²) in [4.78, 5) is 0. The Kier molecular flexibility index (Phi) is 11.6. The maximum atomic E-state index is 4.57. The third kappa shape index (κ3) is 7.65. The summed E-state index contributed by atoms with van der Waals surface area (Å²) in [6, 6.07) is 87.8. The van der Waals surface area contributed by atoms with E-state index in [9.17, 15) is 0 Å². The van der Waals surface area contributed by atoms with Gasteiger partial charge in [-0.1, -0.05) is 146 Å². The van der Waals surface area contributed by atoms with Crippen LogP contribution < -0.4 is 0 Å². The number of pyridine rings is 2. The van der Waals surface area contributed by atoms with Crippen LogP contribution in [0.4, 0.5) is 0 Å². The summed E-state index contributed by atoms with van der Waals surface area (Å²) in [7, 11) is 0. The fourth-order valence-electron chi connectivity index (χ4n) is 12.1. The van der Waals surface area contributed by atoms with Gasteiger partial charge in [-0.2, -0.15) is 58.7 Å². The van der Waals surface area contributed by atoms with Crippen LogP contribution in [0.25, 0.3) is 132 Å². The predicted octanol–water partition coefficient (Wildman–Crippen LogP) is 18.0. The summed E-state index contributed by atoms with van der Waals surface area (Å²) in [6.45, 7) is 4.59. The third-order valence-electron chi connectivity index (χ3n) is 16.1. The monoisotopic (exact) mass is 1180 g/mol. The first-order valence-electron chi connectivity index (χ1n) is 26.7. The van der Waals surface area contributed by atoms with Gasteiger partial charge in [-0.05, 0) is 135 Å². The second-order valence-corrected chi connectivity index (χ2v) is 20.5. The van der Waals surface area contributed by atoms with E-state index in [2.05, 4.69) is 252 Å². The van der Waals surface area contributed by atoms with E-state index in [4.69, 9.17) is 0 Å². The van der Waals surface area contributed by atoms with E-state index in [0.717, 1.165) is 39.3 Å². The molecule has 0 aliphatic carbocycles.